The summed E-state index contributed by atoms with van der Waals surface area (Å²) in [6.45, 7) is 1.48. The molecule has 0 aliphatic heterocycles. The van der Waals surface area contributed by atoms with Gasteiger partial charge in [0.15, 0.2) is 0 Å². The van der Waals surface area contributed by atoms with Gasteiger partial charge >= 0.3 is 5.69 Å². The molecule has 0 aliphatic rings. The number of benzene rings is 2. The Morgan fingerprint density at radius 1 is 1.15 bits per heavy atom. The first-order valence-corrected chi connectivity index (χ1v) is 11.1. The van der Waals surface area contributed by atoms with Gasteiger partial charge in [0.25, 0.3) is 11.2 Å². The van der Waals surface area contributed by atoms with Crippen LogP contribution in [0.5, 0.6) is 0 Å². The van der Waals surface area contributed by atoms with Crippen molar-refractivity contribution in [2.75, 3.05) is 5.32 Å². The number of amides is 1. The predicted molar refractivity (Wildman–Crippen MR) is 128 cm³/mol. The molecule has 1 N–H and O–H groups in total. The van der Waals surface area contributed by atoms with Crippen molar-refractivity contribution in [3.8, 4) is 5.69 Å². The normalized spacial score (nSPS) is 11.0. The maximum absolute atomic E-state index is 13.4. The monoisotopic (exact) mass is 484 g/mol. The van der Waals surface area contributed by atoms with Crippen LogP contribution in [0.1, 0.15) is 11.8 Å². The van der Waals surface area contributed by atoms with Crippen LogP contribution in [0.2, 0.25) is 5.02 Å². The van der Waals surface area contributed by atoms with Crippen LogP contribution in [0.4, 0.5) is 11.4 Å². The second kappa shape index (κ2) is 9.00. The van der Waals surface area contributed by atoms with Gasteiger partial charge in [-0.25, -0.2) is 9.36 Å². The lowest BCUT2D eigenvalue weighted by Crippen LogP contribution is -2.40. The molecule has 0 saturated heterocycles. The largest absolute Gasteiger partial charge is 0.337 e. The maximum Gasteiger partial charge on any atom is 0.337 e. The molecule has 0 unspecified atom stereocenters. The predicted octanol–water partition coefficient (Wildman–Crippen LogP) is 3.98. The number of hydrogen-bond donors (Lipinski definition) is 1. The number of nitro groups is 1. The molecule has 1 amide bonds. The summed E-state index contributed by atoms with van der Waals surface area (Å²) in [5.41, 5.74) is -1.20. The zero-order valence-corrected chi connectivity index (χ0v) is 18.9. The quantitative estimate of drug-likeness (QED) is 0.328. The molecule has 33 heavy (non-hydrogen) atoms. The fraction of sp³-hybridized carbons (Fsp3) is 0.136. The number of aromatic nitrogens is 2. The van der Waals surface area contributed by atoms with Crippen molar-refractivity contribution >= 4 is 50.4 Å². The molecule has 0 atom stereocenters. The van der Waals surface area contributed by atoms with Crippen molar-refractivity contribution in [2.24, 2.45) is 0 Å². The molecule has 0 saturated carbocycles. The molecule has 0 fully saturated rings. The number of rotatable bonds is 6. The lowest BCUT2D eigenvalue weighted by Gasteiger charge is -2.12. The lowest BCUT2D eigenvalue weighted by atomic mass is 10.2. The van der Waals surface area contributed by atoms with E-state index in [0.717, 1.165) is 9.44 Å². The Labute approximate surface area is 195 Å². The van der Waals surface area contributed by atoms with Gasteiger partial charge in [-0.1, -0.05) is 36.7 Å². The van der Waals surface area contributed by atoms with Gasteiger partial charge in [0.2, 0.25) is 5.91 Å². The van der Waals surface area contributed by atoms with E-state index in [-0.39, 0.29) is 17.1 Å². The number of thiophene rings is 1. The van der Waals surface area contributed by atoms with Gasteiger partial charge in [-0.05, 0) is 36.8 Å². The van der Waals surface area contributed by atoms with Crippen molar-refractivity contribution in [1.29, 1.82) is 0 Å². The number of nitrogens with zero attached hydrogens (tertiary/aromatic N) is 3. The van der Waals surface area contributed by atoms with Gasteiger partial charge in [0.1, 0.15) is 17.1 Å². The highest BCUT2D eigenvalue weighted by atomic mass is 35.5. The van der Waals surface area contributed by atoms with E-state index in [0.29, 0.717) is 21.7 Å². The molecule has 0 aliphatic carbocycles. The molecule has 0 radical (unpaired) electrons. The summed E-state index contributed by atoms with van der Waals surface area (Å²) in [4.78, 5) is 51.2. The second-order valence-corrected chi connectivity index (χ2v) is 8.65. The number of para-hydroxylation sites is 2. The highest BCUT2D eigenvalue weighted by Gasteiger charge is 2.21. The van der Waals surface area contributed by atoms with Crippen molar-refractivity contribution in [3.05, 3.63) is 95.4 Å². The standard InChI is InChI=1S/C22H17ClN4O5S/c1-2-15-11-16-20(29)26(14-7-5-6-13(23)10-14)22(30)25(21(16)33-15)12-19(28)24-17-8-3-4-9-18(17)27(31)32/h3-11H,2,12H2,1H3,(H,24,28). The zero-order chi connectivity index (χ0) is 23.7. The Kier molecular flexibility index (Phi) is 6.12. The smallest absolute Gasteiger partial charge is 0.319 e. The fourth-order valence-electron chi connectivity index (χ4n) is 3.43. The summed E-state index contributed by atoms with van der Waals surface area (Å²) >= 11 is 7.31. The number of carbonyl (C=O) groups is 1. The lowest BCUT2D eigenvalue weighted by molar-refractivity contribution is -0.383. The first kappa shape index (κ1) is 22.4. The molecule has 2 aromatic heterocycles. The number of carbonyl (C=O) groups excluding carboxylic acids is 1. The molecule has 2 aromatic carbocycles. The van der Waals surface area contributed by atoms with E-state index < -0.39 is 28.6 Å². The molecule has 4 rings (SSSR count). The van der Waals surface area contributed by atoms with E-state index in [1.54, 1.807) is 30.3 Å². The number of fused-ring (bicyclic) bond motifs is 1. The zero-order valence-electron chi connectivity index (χ0n) is 17.3. The summed E-state index contributed by atoms with van der Waals surface area (Å²) in [7, 11) is 0. The molecule has 0 spiro atoms. The summed E-state index contributed by atoms with van der Waals surface area (Å²) < 4.78 is 2.17. The van der Waals surface area contributed by atoms with Crippen LogP contribution in [-0.4, -0.2) is 20.0 Å². The highest BCUT2D eigenvalue weighted by Crippen LogP contribution is 2.25. The highest BCUT2D eigenvalue weighted by molar-refractivity contribution is 7.18. The van der Waals surface area contributed by atoms with Gasteiger partial charge < -0.3 is 5.32 Å². The summed E-state index contributed by atoms with van der Waals surface area (Å²) in [6, 6.07) is 13.7. The molecule has 11 heteroatoms. The average molecular weight is 485 g/mol. The van der Waals surface area contributed by atoms with Gasteiger partial charge in [-0.3, -0.25) is 24.3 Å². The van der Waals surface area contributed by atoms with Crippen LogP contribution in [0.3, 0.4) is 0 Å². The summed E-state index contributed by atoms with van der Waals surface area (Å²) in [6.07, 6.45) is 0.645. The fourth-order valence-corrected chi connectivity index (χ4v) is 4.69. The van der Waals surface area contributed by atoms with Gasteiger partial charge in [-0.2, -0.15) is 0 Å². The molecule has 0 bridgehead atoms. The van der Waals surface area contributed by atoms with E-state index in [1.165, 1.54) is 40.2 Å². The minimum absolute atomic E-state index is 0.0142. The van der Waals surface area contributed by atoms with Crippen LogP contribution < -0.4 is 16.6 Å². The van der Waals surface area contributed by atoms with Gasteiger partial charge in [-0.15, -0.1) is 11.3 Å². The molecular weight excluding hydrogens is 468 g/mol. The van der Waals surface area contributed by atoms with Crippen molar-refractivity contribution in [3.63, 3.8) is 0 Å². The number of halogens is 1. The minimum Gasteiger partial charge on any atom is -0.319 e. The summed E-state index contributed by atoms with van der Waals surface area (Å²) in [5.74, 6) is -0.643. The SMILES string of the molecule is CCc1cc2c(=O)n(-c3cccc(Cl)c3)c(=O)n(CC(=O)Nc3ccccc3[N+](=O)[O-])c2s1. The van der Waals surface area contributed by atoms with E-state index in [1.807, 2.05) is 6.92 Å². The molecule has 9 nitrogen and oxygen atoms in total. The first-order valence-electron chi connectivity index (χ1n) is 9.87. The molecule has 4 aromatic rings. The summed E-state index contributed by atoms with van der Waals surface area (Å²) in [5, 5.41) is 14.4. The molecule has 2 heterocycles. The third-order valence-electron chi connectivity index (χ3n) is 4.96. The first-order chi connectivity index (χ1) is 15.8. The number of anilines is 1. The van der Waals surface area contributed by atoms with Crippen LogP contribution in [0.25, 0.3) is 15.9 Å². The van der Waals surface area contributed by atoms with E-state index in [9.17, 15) is 24.5 Å². The van der Waals surface area contributed by atoms with Gasteiger partial charge in [0, 0.05) is 16.0 Å². The minimum atomic E-state index is -0.711. The average Bonchev–Trinajstić information content (AvgIpc) is 3.22. The van der Waals surface area contributed by atoms with Crippen LogP contribution in [-0.2, 0) is 17.8 Å². The number of aryl methyl sites for hydroxylation is 1. The third-order valence-corrected chi connectivity index (χ3v) is 6.49. The molecule has 168 valence electrons. The Morgan fingerprint density at radius 3 is 2.61 bits per heavy atom. The van der Waals surface area contributed by atoms with Crippen LogP contribution in [0, 0.1) is 10.1 Å². The third kappa shape index (κ3) is 4.30. The number of nitrogens with one attached hydrogen (secondary N) is 1. The Hall–Kier alpha value is -3.76. The van der Waals surface area contributed by atoms with Crippen molar-refractivity contribution < 1.29 is 9.72 Å². The van der Waals surface area contributed by atoms with E-state index in [4.69, 9.17) is 11.6 Å². The van der Waals surface area contributed by atoms with E-state index in [2.05, 4.69) is 5.32 Å². The maximum atomic E-state index is 13.4. The topological polar surface area (TPSA) is 116 Å². The van der Waals surface area contributed by atoms with Gasteiger partial charge in [0.05, 0.1) is 16.0 Å². The van der Waals surface area contributed by atoms with Crippen molar-refractivity contribution in [2.45, 2.75) is 19.9 Å². The number of nitro benzene ring substituents is 1. The Balaban J connectivity index is 1.84. The Bertz CT molecular complexity index is 1520. The van der Waals surface area contributed by atoms with Crippen LogP contribution >= 0.6 is 22.9 Å². The second-order valence-electron chi connectivity index (χ2n) is 7.10. The van der Waals surface area contributed by atoms with Crippen molar-refractivity contribution in [1.82, 2.24) is 9.13 Å². The Morgan fingerprint density at radius 2 is 1.91 bits per heavy atom. The van der Waals surface area contributed by atoms with E-state index >= 15 is 0 Å². The van der Waals surface area contributed by atoms with Crippen LogP contribution in [0.15, 0.2) is 64.2 Å². The molecular formula is C22H17ClN4O5S. The number of hydrogen-bond acceptors (Lipinski definition) is 6.